The molecule has 0 spiro atoms. The Morgan fingerprint density at radius 2 is 2.12 bits per heavy atom. The molecule has 16 heavy (non-hydrogen) atoms. The maximum Gasteiger partial charge on any atom is 0.148 e. The fourth-order valence-electron chi connectivity index (χ4n) is 1.86. The van der Waals surface area contributed by atoms with Crippen molar-refractivity contribution >= 4 is 26.9 Å². The molecule has 2 nitrogen and oxygen atoms in total. The molecular formula is C13H15BrO2. The summed E-state index contributed by atoms with van der Waals surface area (Å²) in [6, 6.07) is 8.01. The summed E-state index contributed by atoms with van der Waals surface area (Å²) in [5.41, 5.74) is 0.905. The summed E-state index contributed by atoms with van der Waals surface area (Å²) in [6.45, 7) is 2.14. The van der Waals surface area contributed by atoms with Crippen LogP contribution in [0.2, 0.25) is 0 Å². The van der Waals surface area contributed by atoms with Crippen molar-refractivity contribution in [3.05, 3.63) is 34.5 Å². The highest BCUT2D eigenvalue weighted by atomic mass is 79.9. The number of rotatable bonds is 4. The van der Waals surface area contributed by atoms with Gasteiger partial charge in [-0.25, -0.2) is 0 Å². The third-order valence-electron chi connectivity index (χ3n) is 2.69. The van der Waals surface area contributed by atoms with E-state index in [4.69, 9.17) is 9.15 Å². The topological polar surface area (TPSA) is 22.4 Å². The highest BCUT2D eigenvalue weighted by Gasteiger charge is 2.19. The van der Waals surface area contributed by atoms with Crippen molar-refractivity contribution < 1.29 is 9.15 Å². The first-order valence-corrected chi connectivity index (χ1v) is 6.27. The lowest BCUT2D eigenvalue weighted by atomic mass is 10.1. The number of fused-ring (bicyclic) bond motifs is 1. The first-order valence-electron chi connectivity index (χ1n) is 5.47. The van der Waals surface area contributed by atoms with E-state index in [9.17, 15) is 0 Å². The van der Waals surface area contributed by atoms with E-state index >= 15 is 0 Å². The summed E-state index contributed by atoms with van der Waals surface area (Å²) in [6.07, 6.45) is 2.07. The van der Waals surface area contributed by atoms with Gasteiger partial charge in [0.15, 0.2) is 0 Å². The average Bonchev–Trinajstić information content (AvgIpc) is 2.64. The summed E-state index contributed by atoms with van der Waals surface area (Å²) < 4.78 is 12.3. The molecule has 1 heterocycles. The molecule has 0 saturated heterocycles. The predicted octanol–water partition coefficient (Wildman–Crippen LogP) is 4.68. The smallest absolute Gasteiger partial charge is 0.148 e. The van der Waals surface area contributed by atoms with Crippen molar-refractivity contribution in [1.82, 2.24) is 0 Å². The minimum Gasteiger partial charge on any atom is -0.457 e. The molecule has 1 atom stereocenters. The Morgan fingerprint density at radius 1 is 1.38 bits per heavy atom. The highest BCUT2D eigenvalue weighted by molar-refractivity contribution is 9.10. The summed E-state index contributed by atoms with van der Waals surface area (Å²) in [7, 11) is 1.72. The number of benzene rings is 1. The molecule has 2 aromatic rings. The monoisotopic (exact) mass is 282 g/mol. The van der Waals surface area contributed by atoms with Gasteiger partial charge in [-0.2, -0.15) is 0 Å². The van der Waals surface area contributed by atoms with E-state index in [0.717, 1.165) is 34.0 Å². The average molecular weight is 283 g/mol. The molecule has 2 rings (SSSR count). The van der Waals surface area contributed by atoms with Gasteiger partial charge in [-0.05, 0) is 34.5 Å². The van der Waals surface area contributed by atoms with Crippen LogP contribution in [0.3, 0.4) is 0 Å². The van der Waals surface area contributed by atoms with Crippen LogP contribution in [0, 0.1) is 0 Å². The quantitative estimate of drug-likeness (QED) is 0.812. The SMILES string of the molecule is CCC[C@@H](OC)c1oc2ccccc2c1Br. The number of methoxy groups -OCH3 is 1. The standard InChI is InChI=1S/C13H15BrO2/c1-3-6-11(15-2)13-12(14)9-7-4-5-8-10(9)16-13/h4-5,7-8,11H,3,6H2,1-2H3/t11-/m1/s1. The lowest BCUT2D eigenvalue weighted by Gasteiger charge is -2.11. The van der Waals surface area contributed by atoms with Crippen LogP contribution < -0.4 is 0 Å². The number of ether oxygens (including phenoxy) is 1. The van der Waals surface area contributed by atoms with Gasteiger partial charge < -0.3 is 9.15 Å². The van der Waals surface area contributed by atoms with E-state index < -0.39 is 0 Å². The molecule has 0 aliphatic carbocycles. The Balaban J connectivity index is 2.47. The Bertz CT molecular complexity index is 476. The van der Waals surface area contributed by atoms with Crippen LogP contribution in [0.15, 0.2) is 33.2 Å². The molecule has 86 valence electrons. The van der Waals surface area contributed by atoms with Crippen LogP contribution in [0.5, 0.6) is 0 Å². The van der Waals surface area contributed by atoms with E-state index in [0.29, 0.717) is 0 Å². The Kier molecular flexibility index (Phi) is 3.66. The molecular weight excluding hydrogens is 268 g/mol. The highest BCUT2D eigenvalue weighted by Crippen LogP contribution is 2.37. The van der Waals surface area contributed by atoms with Crippen LogP contribution in [0.4, 0.5) is 0 Å². The van der Waals surface area contributed by atoms with Gasteiger partial charge in [0, 0.05) is 12.5 Å². The Hall–Kier alpha value is -0.800. The minimum absolute atomic E-state index is 0.0341. The summed E-state index contributed by atoms with van der Waals surface area (Å²) in [4.78, 5) is 0. The number of halogens is 1. The zero-order valence-corrected chi connectivity index (χ0v) is 11.1. The van der Waals surface area contributed by atoms with Crippen LogP contribution in [0.25, 0.3) is 11.0 Å². The molecule has 0 fully saturated rings. The molecule has 0 radical (unpaired) electrons. The van der Waals surface area contributed by atoms with E-state index in [1.165, 1.54) is 0 Å². The van der Waals surface area contributed by atoms with Gasteiger partial charge in [0.1, 0.15) is 17.4 Å². The van der Waals surface area contributed by atoms with Gasteiger partial charge in [0.2, 0.25) is 0 Å². The van der Waals surface area contributed by atoms with Crippen molar-refractivity contribution in [1.29, 1.82) is 0 Å². The van der Waals surface area contributed by atoms with E-state index in [1.807, 2.05) is 24.3 Å². The molecule has 0 N–H and O–H groups in total. The van der Waals surface area contributed by atoms with E-state index in [-0.39, 0.29) is 6.10 Å². The van der Waals surface area contributed by atoms with Crippen molar-refractivity contribution in [2.24, 2.45) is 0 Å². The Labute approximate surface area is 104 Å². The molecule has 0 aliphatic rings. The first kappa shape index (κ1) is 11.7. The fourth-order valence-corrected chi connectivity index (χ4v) is 2.52. The Morgan fingerprint density at radius 3 is 2.75 bits per heavy atom. The summed E-state index contributed by atoms with van der Waals surface area (Å²) in [5, 5.41) is 1.11. The van der Waals surface area contributed by atoms with Crippen LogP contribution in [0.1, 0.15) is 31.6 Å². The van der Waals surface area contributed by atoms with Crippen LogP contribution in [-0.2, 0) is 4.74 Å². The fraction of sp³-hybridized carbons (Fsp3) is 0.385. The third kappa shape index (κ3) is 2.02. The number of hydrogen-bond donors (Lipinski definition) is 0. The first-order chi connectivity index (χ1) is 7.77. The lowest BCUT2D eigenvalue weighted by molar-refractivity contribution is 0.0768. The third-order valence-corrected chi connectivity index (χ3v) is 3.51. The van der Waals surface area contributed by atoms with E-state index in [2.05, 4.69) is 22.9 Å². The van der Waals surface area contributed by atoms with Crippen molar-refractivity contribution in [3.8, 4) is 0 Å². The second-order valence-corrected chi connectivity index (χ2v) is 4.58. The normalized spacial score (nSPS) is 13.2. The maximum atomic E-state index is 5.83. The van der Waals surface area contributed by atoms with Crippen molar-refractivity contribution in [2.45, 2.75) is 25.9 Å². The van der Waals surface area contributed by atoms with Gasteiger partial charge in [0.25, 0.3) is 0 Å². The number of para-hydroxylation sites is 1. The van der Waals surface area contributed by atoms with Gasteiger partial charge in [-0.3, -0.25) is 0 Å². The molecule has 0 amide bonds. The van der Waals surface area contributed by atoms with Gasteiger partial charge >= 0.3 is 0 Å². The number of furan rings is 1. The van der Waals surface area contributed by atoms with Gasteiger partial charge in [-0.1, -0.05) is 25.5 Å². The van der Waals surface area contributed by atoms with Crippen LogP contribution in [-0.4, -0.2) is 7.11 Å². The minimum atomic E-state index is 0.0341. The molecule has 0 aliphatic heterocycles. The second-order valence-electron chi connectivity index (χ2n) is 3.79. The molecule has 0 bridgehead atoms. The second kappa shape index (κ2) is 5.02. The molecule has 1 aromatic heterocycles. The molecule has 1 aromatic carbocycles. The largest absolute Gasteiger partial charge is 0.457 e. The predicted molar refractivity (Wildman–Crippen MR) is 68.6 cm³/mol. The maximum absolute atomic E-state index is 5.83. The molecule has 3 heteroatoms. The van der Waals surface area contributed by atoms with E-state index in [1.54, 1.807) is 7.11 Å². The number of hydrogen-bond acceptors (Lipinski definition) is 2. The zero-order chi connectivity index (χ0) is 11.5. The van der Waals surface area contributed by atoms with Gasteiger partial charge in [0.05, 0.1) is 4.47 Å². The zero-order valence-electron chi connectivity index (χ0n) is 9.50. The van der Waals surface area contributed by atoms with Crippen LogP contribution >= 0.6 is 15.9 Å². The molecule has 0 unspecified atom stereocenters. The summed E-state index contributed by atoms with van der Waals surface area (Å²) in [5.74, 6) is 0.894. The van der Waals surface area contributed by atoms with Gasteiger partial charge in [-0.15, -0.1) is 0 Å². The molecule has 0 saturated carbocycles. The van der Waals surface area contributed by atoms with Crippen molar-refractivity contribution in [3.63, 3.8) is 0 Å². The van der Waals surface area contributed by atoms with Crippen molar-refractivity contribution in [2.75, 3.05) is 7.11 Å². The lowest BCUT2D eigenvalue weighted by Crippen LogP contribution is -1.99. The summed E-state index contributed by atoms with van der Waals surface area (Å²) >= 11 is 3.59.